The molecular formula is C19H19NO2. The van der Waals surface area contributed by atoms with Crippen LogP contribution in [0.3, 0.4) is 0 Å². The van der Waals surface area contributed by atoms with Crippen molar-refractivity contribution < 1.29 is 9.53 Å². The maximum Gasteiger partial charge on any atom is 0.200 e. The largest absolute Gasteiger partial charge is 0.485 e. The first kappa shape index (κ1) is 15.8. The van der Waals surface area contributed by atoms with Crippen molar-refractivity contribution in [2.45, 2.75) is 26.2 Å². The number of carbonyl (C=O) groups is 1. The average Bonchev–Trinajstić information content (AvgIpc) is 2.52. The number of hydrogen-bond donors (Lipinski definition) is 0. The van der Waals surface area contributed by atoms with E-state index in [0.29, 0.717) is 16.9 Å². The molecule has 2 aromatic rings. The normalized spacial score (nSPS) is 10.8. The van der Waals surface area contributed by atoms with Crippen LogP contribution in [0, 0.1) is 11.3 Å². The van der Waals surface area contributed by atoms with Gasteiger partial charge in [0.2, 0.25) is 0 Å². The lowest BCUT2D eigenvalue weighted by molar-refractivity contribution is 0.0921. The molecule has 0 bridgehead atoms. The minimum Gasteiger partial charge on any atom is -0.485 e. The third-order valence-corrected chi connectivity index (χ3v) is 3.41. The summed E-state index contributed by atoms with van der Waals surface area (Å²) in [6.07, 6.45) is 0. The van der Waals surface area contributed by atoms with E-state index in [9.17, 15) is 4.79 Å². The number of hydrogen-bond acceptors (Lipinski definition) is 3. The van der Waals surface area contributed by atoms with Gasteiger partial charge >= 0.3 is 0 Å². The van der Waals surface area contributed by atoms with Crippen molar-refractivity contribution in [2.24, 2.45) is 0 Å². The summed E-state index contributed by atoms with van der Waals surface area (Å²) in [5, 5.41) is 8.84. The highest BCUT2D eigenvalue weighted by Crippen LogP contribution is 2.22. The molecule has 0 saturated carbocycles. The predicted molar refractivity (Wildman–Crippen MR) is 86.1 cm³/mol. The molecule has 2 aromatic carbocycles. The van der Waals surface area contributed by atoms with Gasteiger partial charge < -0.3 is 4.74 Å². The molecule has 2 rings (SSSR count). The summed E-state index contributed by atoms with van der Waals surface area (Å²) in [5.74, 6) is 0.446. The molecule has 0 aliphatic heterocycles. The maximum absolute atomic E-state index is 12.1. The van der Waals surface area contributed by atoms with Crippen molar-refractivity contribution in [2.75, 3.05) is 6.61 Å². The first-order valence-electron chi connectivity index (χ1n) is 7.17. The Labute approximate surface area is 131 Å². The summed E-state index contributed by atoms with van der Waals surface area (Å²) in [5.41, 5.74) is 2.39. The number of benzene rings is 2. The van der Waals surface area contributed by atoms with Crippen LogP contribution in [-0.2, 0) is 5.41 Å². The number of ketones is 1. The van der Waals surface area contributed by atoms with Crippen LogP contribution in [0.1, 0.15) is 42.3 Å². The van der Waals surface area contributed by atoms with Crippen LogP contribution in [0.5, 0.6) is 5.75 Å². The molecule has 0 saturated heterocycles. The predicted octanol–water partition coefficient (Wildman–Crippen LogP) is 4.12. The fraction of sp³-hybridized carbons (Fsp3) is 0.263. The molecule has 0 amide bonds. The van der Waals surface area contributed by atoms with Crippen molar-refractivity contribution in [1.29, 1.82) is 5.26 Å². The lowest BCUT2D eigenvalue weighted by Crippen LogP contribution is -2.14. The Balaban J connectivity index is 2.02. The third-order valence-electron chi connectivity index (χ3n) is 3.41. The molecule has 0 fully saturated rings. The van der Waals surface area contributed by atoms with Gasteiger partial charge in [-0.15, -0.1) is 0 Å². The van der Waals surface area contributed by atoms with E-state index in [-0.39, 0.29) is 17.8 Å². The van der Waals surface area contributed by atoms with Crippen LogP contribution in [0.15, 0.2) is 48.5 Å². The standard InChI is InChI=1S/C19H19NO2/c1-19(2,3)16-9-7-15(8-10-16)18(21)13-22-17-6-4-5-14(11-17)12-20/h4-11H,13H2,1-3H3. The minimum absolute atomic E-state index is 0.0379. The molecule has 0 N–H and O–H groups in total. The van der Waals surface area contributed by atoms with Crippen molar-refractivity contribution in [3.05, 3.63) is 65.2 Å². The molecule has 0 spiro atoms. The first-order chi connectivity index (χ1) is 10.4. The van der Waals surface area contributed by atoms with Crippen molar-refractivity contribution in [3.8, 4) is 11.8 Å². The smallest absolute Gasteiger partial charge is 0.200 e. The molecule has 0 radical (unpaired) electrons. The molecule has 0 heterocycles. The minimum atomic E-state index is -0.0807. The van der Waals surface area contributed by atoms with Crippen LogP contribution in [0.2, 0.25) is 0 Å². The molecule has 0 aliphatic carbocycles. The Hall–Kier alpha value is -2.60. The summed E-state index contributed by atoms with van der Waals surface area (Å²) in [7, 11) is 0. The van der Waals surface area contributed by atoms with Gasteiger partial charge in [-0.1, -0.05) is 51.1 Å². The maximum atomic E-state index is 12.1. The van der Waals surface area contributed by atoms with E-state index >= 15 is 0 Å². The summed E-state index contributed by atoms with van der Waals surface area (Å²) >= 11 is 0. The summed E-state index contributed by atoms with van der Waals surface area (Å²) in [4.78, 5) is 12.1. The fourth-order valence-electron chi connectivity index (χ4n) is 2.04. The Morgan fingerprint density at radius 1 is 1.14 bits per heavy atom. The zero-order valence-electron chi connectivity index (χ0n) is 13.1. The van der Waals surface area contributed by atoms with Gasteiger partial charge in [0, 0.05) is 5.56 Å². The highest BCUT2D eigenvalue weighted by molar-refractivity contribution is 5.97. The van der Waals surface area contributed by atoms with Gasteiger partial charge in [-0.3, -0.25) is 4.79 Å². The molecule has 0 unspecified atom stereocenters. The summed E-state index contributed by atoms with van der Waals surface area (Å²) in [6.45, 7) is 6.36. The lowest BCUT2D eigenvalue weighted by atomic mass is 9.86. The number of ether oxygens (including phenoxy) is 1. The van der Waals surface area contributed by atoms with Gasteiger partial charge in [-0.25, -0.2) is 0 Å². The van der Waals surface area contributed by atoms with Gasteiger partial charge in [-0.05, 0) is 29.2 Å². The number of nitriles is 1. The topological polar surface area (TPSA) is 50.1 Å². The first-order valence-corrected chi connectivity index (χ1v) is 7.17. The number of carbonyl (C=O) groups excluding carboxylic acids is 1. The monoisotopic (exact) mass is 293 g/mol. The van der Waals surface area contributed by atoms with Gasteiger partial charge in [-0.2, -0.15) is 5.26 Å². The second-order valence-corrected chi connectivity index (χ2v) is 6.18. The highest BCUT2D eigenvalue weighted by Gasteiger charge is 2.14. The Kier molecular flexibility index (Phi) is 4.62. The number of Topliss-reactive ketones (excluding diaryl/α,β-unsaturated/α-hetero) is 1. The zero-order valence-corrected chi connectivity index (χ0v) is 13.1. The van der Waals surface area contributed by atoms with E-state index in [1.165, 1.54) is 5.56 Å². The van der Waals surface area contributed by atoms with E-state index < -0.39 is 0 Å². The fourth-order valence-corrected chi connectivity index (χ4v) is 2.04. The van der Waals surface area contributed by atoms with Crippen LogP contribution >= 0.6 is 0 Å². The molecule has 0 atom stereocenters. The van der Waals surface area contributed by atoms with Gasteiger partial charge in [0.05, 0.1) is 11.6 Å². The molecule has 3 nitrogen and oxygen atoms in total. The Bertz CT molecular complexity index is 703. The van der Waals surface area contributed by atoms with Crippen molar-refractivity contribution in [3.63, 3.8) is 0 Å². The molecule has 22 heavy (non-hydrogen) atoms. The average molecular weight is 293 g/mol. The molecule has 0 aliphatic rings. The van der Waals surface area contributed by atoms with Crippen molar-refractivity contribution in [1.82, 2.24) is 0 Å². The second kappa shape index (κ2) is 6.44. The van der Waals surface area contributed by atoms with E-state index in [2.05, 4.69) is 20.8 Å². The van der Waals surface area contributed by atoms with Crippen LogP contribution in [0.25, 0.3) is 0 Å². The number of nitrogens with zero attached hydrogens (tertiary/aromatic N) is 1. The van der Waals surface area contributed by atoms with E-state index in [1.54, 1.807) is 24.3 Å². The van der Waals surface area contributed by atoms with Crippen LogP contribution in [-0.4, -0.2) is 12.4 Å². The van der Waals surface area contributed by atoms with Crippen molar-refractivity contribution >= 4 is 5.78 Å². The van der Waals surface area contributed by atoms with Gasteiger partial charge in [0.1, 0.15) is 5.75 Å². The Morgan fingerprint density at radius 2 is 1.82 bits per heavy atom. The van der Waals surface area contributed by atoms with E-state index in [4.69, 9.17) is 10.00 Å². The quantitative estimate of drug-likeness (QED) is 0.797. The SMILES string of the molecule is CC(C)(C)c1ccc(C(=O)COc2cccc(C#N)c2)cc1. The molecule has 112 valence electrons. The zero-order chi connectivity index (χ0) is 16.2. The van der Waals surface area contributed by atoms with Gasteiger partial charge in [0.25, 0.3) is 0 Å². The third kappa shape index (κ3) is 3.95. The van der Waals surface area contributed by atoms with Gasteiger partial charge in [0.15, 0.2) is 12.4 Å². The van der Waals surface area contributed by atoms with Crippen LogP contribution in [0.4, 0.5) is 0 Å². The molecular weight excluding hydrogens is 274 g/mol. The Morgan fingerprint density at radius 3 is 2.41 bits per heavy atom. The van der Waals surface area contributed by atoms with E-state index in [1.807, 2.05) is 30.3 Å². The summed E-state index contributed by atoms with van der Waals surface area (Å²) < 4.78 is 5.46. The number of rotatable bonds is 4. The lowest BCUT2D eigenvalue weighted by Gasteiger charge is -2.19. The molecule has 0 aromatic heterocycles. The molecule has 3 heteroatoms. The second-order valence-electron chi connectivity index (χ2n) is 6.18. The van der Waals surface area contributed by atoms with E-state index in [0.717, 1.165) is 0 Å². The van der Waals surface area contributed by atoms with Crippen LogP contribution < -0.4 is 4.74 Å². The highest BCUT2D eigenvalue weighted by atomic mass is 16.5. The summed E-state index contributed by atoms with van der Waals surface area (Å²) in [6, 6.07) is 16.4.